The van der Waals surface area contributed by atoms with Crippen molar-refractivity contribution in [2.24, 2.45) is 0 Å². The van der Waals surface area contributed by atoms with Crippen LogP contribution in [0.15, 0.2) is 36.4 Å². The molecule has 1 fully saturated rings. The molecule has 4 rings (SSSR count). The van der Waals surface area contributed by atoms with Crippen molar-refractivity contribution in [3.05, 3.63) is 53.1 Å². The Hall–Kier alpha value is -2.73. The average molecular weight is 382 g/mol. The van der Waals surface area contributed by atoms with Crippen LogP contribution in [0.2, 0.25) is 0 Å². The Bertz CT molecular complexity index is 829. The van der Waals surface area contributed by atoms with Crippen molar-refractivity contribution in [2.45, 2.75) is 25.3 Å². The number of hydrogen-bond acceptors (Lipinski definition) is 5. The molecule has 0 saturated carbocycles. The Balaban J connectivity index is 1.41. The van der Waals surface area contributed by atoms with Gasteiger partial charge in [0.25, 0.3) is 5.91 Å². The predicted molar refractivity (Wildman–Crippen MR) is 106 cm³/mol. The van der Waals surface area contributed by atoms with E-state index in [1.807, 2.05) is 24.3 Å². The third-order valence-corrected chi connectivity index (χ3v) is 5.33. The summed E-state index contributed by atoms with van der Waals surface area (Å²) in [5, 5.41) is 6.40. The second-order valence-electron chi connectivity index (χ2n) is 7.16. The number of rotatable bonds is 5. The van der Waals surface area contributed by atoms with Gasteiger partial charge in [0.1, 0.15) is 19.0 Å². The number of benzene rings is 2. The summed E-state index contributed by atoms with van der Waals surface area (Å²) in [5.41, 5.74) is 2.80. The predicted octanol–water partition coefficient (Wildman–Crippen LogP) is 2.86. The molecule has 0 spiro atoms. The number of amides is 1. The molecule has 6 heteroatoms. The van der Waals surface area contributed by atoms with Crippen LogP contribution in [0.4, 0.5) is 0 Å². The molecule has 1 saturated heterocycles. The number of nitrogens with one attached hydrogen (secondary N) is 2. The Kier molecular flexibility index (Phi) is 5.67. The van der Waals surface area contributed by atoms with Crippen LogP contribution >= 0.6 is 0 Å². The van der Waals surface area contributed by atoms with Crippen molar-refractivity contribution < 1.29 is 19.0 Å². The number of carbonyl (C=O) groups excluding carboxylic acids is 1. The second kappa shape index (κ2) is 8.52. The van der Waals surface area contributed by atoms with Gasteiger partial charge in [-0.3, -0.25) is 4.79 Å². The Morgan fingerprint density at radius 1 is 1.18 bits per heavy atom. The molecule has 0 bridgehead atoms. The highest BCUT2D eigenvalue weighted by Crippen LogP contribution is 2.36. The Morgan fingerprint density at radius 3 is 2.61 bits per heavy atom. The first kappa shape index (κ1) is 18.6. The number of hydrogen-bond donors (Lipinski definition) is 2. The van der Waals surface area contributed by atoms with Gasteiger partial charge in [0, 0.05) is 30.3 Å². The van der Waals surface area contributed by atoms with Crippen LogP contribution in [0.5, 0.6) is 17.2 Å². The molecule has 2 aromatic rings. The maximum Gasteiger partial charge on any atom is 0.251 e. The highest BCUT2D eigenvalue weighted by atomic mass is 16.6. The lowest BCUT2D eigenvalue weighted by atomic mass is 9.91. The average Bonchev–Trinajstić information content (AvgIpc) is 2.77. The van der Waals surface area contributed by atoms with Gasteiger partial charge in [-0.2, -0.15) is 0 Å². The molecule has 28 heavy (non-hydrogen) atoms. The van der Waals surface area contributed by atoms with Gasteiger partial charge < -0.3 is 24.8 Å². The third-order valence-electron chi connectivity index (χ3n) is 5.33. The summed E-state index contributed by atoms with van der Waals surface area (Å²) in [4.78, 5) is 12.6. The molecular weight excluding hydrogens is 356 g/mol. The number of methoxy groups -OCH3 is 1. The molecule has 148 valence electrons. The molecule has 2 heterocycles. The topological polar surface area (TPSA) is 68.8 Å². The van der Waals surface area contributed by atoms with E-state index in [4.69, 9.17) is 14.2 Å². The van der Waals surface area contributed by atoms with Gasteiger partial charge in [0.05, 0.1) is 7.11 Å². The molecule has 0 aliphatic carbocycles. The summed E-state index contributed by atoms with van der Waals surface area (Å²) in [5.74, 6) is 2.45. The van der Waals surface area contributed by atoms with E-state index in [0.29, 0.717) is 48.5 Å². The van der Waals surface area contributed by atoms with Crippen LogP contribution in [0.1, 0.15) is 40.2 Å². The first-order valence-electron chi connectivity index (χ1n) is 9.80. The first-order valence-corrected chi connectivity index (χ1v) is 9.80. The molecule has 2 aromatic carbocycles. The van der Waals surface area contributed by atoms with Gasteiger partial charge in [0.2, 0.25) is 0 Å². The summed E-state index contributed by atoms with van der Waals surface area (Å²) in [6.45, 7) is 3.51. The van der Waals surface area contributed by atoms with Crippen molar-refractivity contribution in [1.82, 2.24) is 10.6 Å². The summed E-state index contributed by atoms with van der Waals surface area (Å²) in [6.07, 6.45) is 2.40. The maximum atomic E-state index is 12.6. The zero-order valence-electron chi connectivity index (χ0n) is 16.1. The SMILES string of the molecule is COc1cc2c(cc1CNC(=O)c1ccc([C@H]3CCCNC3)cc1)OCCO2. The maximum absolute atomic E-state index is 12.6. The standard InChI is InChI=1S/C22H26N2O4/c1-26-19-12-21-20(27-9-10-28-21)11-18(19)14-24-22(25)16-6-4-15(5-7-16)17-3-2-8-23-13-17/h4-7,11-12,17,23H,2-3,8-10,13-14H2,1H3,(H,24,25)/t17-/m0/s1. The minimum Gasteiger partial charge on any atom is -0.496 e. The fourth-order valence-electron chi connectivity index (χ4n) is 3.76. The van der Waals surface area contributed by atoms with E-state index in [9.17, 15) is 4.79 Å². The van der Waals surface area contributed by atoms with Gasteiger partial charge in [-0.25, -0.2) is 0 Å². The second-order valence-corrected chi connectivity index (χ2v) is 7.16. The van der Waals surface area contributed by atoms with Crippen molar-refractivity contribution in [3.63, 3.8) is 0 Å². The number of carbonyl (C=O) groups is 1. The fraction of sp³-hybridized carbons (Fsp3) is 0.409. The van der Waals surface area contributed by atoms with E-state index in [1.165, 1.54) is 18.4 Å². The van der Waals surface area contributed by atoms with Gasteiger partial charge in [-0.15, -0.1) is 0 Å². The van der Waals surface area contributed by atoms with Gasteiger partial charge in [-0.1, -0.05) is 12.1 Å². The van der Waals surface area contributed by atoms with Crippen molar-refractivity contribution in [2.75, 3.05) is 33.4 Å². The number of piperidine rings is 1. The van der Waals surface area contributed by atoms with Crippen molar-refractivity contribution >= 4 is 5.91 Å². The fourth-order valence-corrected chi connectivity index (χ4v) is 3.76. The molecule has 6 nitrogen and oxygen atoms in total. The molecule has 2 aliphatic rings. The van der Waals surface area contributed by atoms with Crippen LogP contribution in [0.3, 0.4) is 0 Å². The van der Waals surface area contributed by atoms with Gasteiger partial charge in [0.15, 0.2) is 11.5 Å². The van der Waals surface area contributed by atoms with Crippen molar-refractivity contribution in [1.29, 1.82) is 0 Å². The number of ether oxygens (including phenoxy) is 3. The lowest BCUT2D eigenvalue weighted by Crippen LogP contribution is -2.28. The molecule has 0 radical (unpaired) electrons. The van der Waals surface area contributed by atoms with E-state index in [0.717, 1.165) is 18.7 Å². The smallest absolute Gasteiger partial charge is 0.251 e. The third kappa shape index (κ3) is 4.07. The van der Waals surface area contributed by atoms with Crippen molar-refractivity contribution in [3.8, 4) is 17.2 Å². The molecule has 2 aliphatic heterocycles. The highest BCUT2D eigenvalue weighted by molar-refractivity contribution is 5.94. The first-order chi connectivity index (χ1) is 13.7. The highest BCUT2D eigenvalue weighted by Gasteiger charge is 2.18. The van der Waals surface area contributed by atoms with E-state index < -0.39 is 0 Å². The normalized spacial score (nSPS) is 18.4. The van der Waals surface area contributed by atoms with Crippen LogP contribution in [0.25, 0.3) is 0 Å². The summed E-state index contributed by atoms with van der Waals surface area (Å²) in [7, 11) is 1.61. The molecule has 0 unspecified atom stereocenters. The van der Waals surface area contributed by atoms with E-state index in [-0.39, 0.29) is 5.91 Å². The molecule has 1 amide bonds. The monoisotopic (exact) mass is 382 g/mol. The summed E-state index contributed by atoms with van der Waals surface area (Å²) < 4.78 is 16.6. The van der Waals surface area contributed by atoms with Crippen LogP contribution < -0.4 is 24.8 Å². The summed E-state index contributed by atoms with van der Waals surface area (Å²) >= 11 is 0. The minimum absolute atomic E-state index is 0.106. The Labute approximate surface area is 165 Å². The van der Waals surface area contributed by atoms with Crippen LogP contribution in [-0.4, -0.2) is 39.3 Å². The van der Waals surface area contributed by atoms with Gasteiger partial charge >= 0.3 is 0 Å². The molecule has 2 N–H and O–H groups in total. The van der Waals surface area contributed by atoms with E-state index >= 15 is 0 Å². The summed E-state index contributed by atoms with van der Waals surface area (Å²) in [6, 6.07) is 11.6. The zero-order valence-corrected chi connectivity index (χ0v) is 16.1. The largest absolute Gasteiger partial charge is 0.496 e. The van der Waals surface area contributed by atoms with Crippen LogP contribution in [0, 0.1) is 0 Å². The Morgan fingerprint density at radius 2 is 1.93 bits per heavy atom. The molecule has 1 atom stereocenters. The lowest BCUT2D eigenvalue weighted by molar-refractivity contribution is 0.0950. The quantitative estimate of drug-likeness (QED) is 0.832. The molecule has 0 aromatic heterocycles. The van der Waals surface area contributed by atoms with Gasteiger partial charge in [-0.05, 0) is 49.1 Å². The zero-order chi connectivity index (χ0) is 19.3. The lowest BCUT2D eigenvalue weighted by Gasteiger charge is -2.23. The minimum atomic E-state index is -0.106. The number of fused-ring (bicyclic) bond motifs is 1. The van der Waals surface area contributed by atoms with E-state index in [1.54, 1.807) is 7.11 Å². The van der Waals surface area contributed by atoms with Crippen LogP contribution in [-0.2, 0) is 6.54 Å². The van der Waals surface area contributed by atoms with E-state index in [2.05, 4.69) is 22.8 Å². The molecular formula is C22H26N2O4.